The zero-order chi connectivity index (χ0) is 21.4. The number of nitrogens with one attached hydrogen (secondary N) is 1. The molecule has 7 heteroatoms. The van der Waals surface area contributed by atoms with Crippen LogP contribution in [0.4, 0.5) is 4.39 Å². The van der Waals surface area contributed by atoms with Crippen molar-refractivity contribution >= 4 is 10.9 Å². The average Bonchev–Trinajstić information content (AvgIpc) is 3.50. The van der Waals surface area contributed by atoms with Crippen molar-refractivity contribution in [2.75, 3.05) is 0 Å². The van der Waals surface area contributed by atoms with E-state index >= 15 is 0 Å². The third-order valence-electron chi connectivity index (χ3n) is 5.56. The number of hydrogen-bond acceptors (Lipinski definition) is 3. The van der Waals surface area contributed by atoms with Gasteiger partial charge >= 0.3 is 0 Å². The molecule has 0 bridgehead atoms. The molecule has 0 atom stereocenters. The molecule has 0 saturated heterocycles. The van der Waals surface area contributed by atoms with Crippen LogP contribution in [0, 0.1) is 5.82 Å². The summed E-state index contributed by atoms with van der Waals surface area (Å²) in [5.74, 6) is -0.952. The number of aromatic hydroxyl groups is 2. The predicted octanol–water partition coefficient (Wildman–Crippen LogP) is 5.14. The first-order valence-corrected chi connectivity index (χ1v) is 10.1. The number of rotatable bonds is 6. The highest BCUT2D eigenvalue weighted by molar-refractivity contribution is 6.02. The minimum atomic E-state index is -0.419. The van der Waals surface area contributed by atoms with Gasteiger partial charge in [-0.15, -0.1) is 0 Å². The van der Waals surface area contributed by atoms with Crippen molar-refractivity contribution in [1.29, 1.82) is 0 Å². The van der Waals surface area contributed by atoms with Crippen molar-refractivity contribution in [2.24, 2.45) is 0 Å². The van der Waals surface area contributed by atoms with E-state index in [0.717, 1.165) is 10.9 Å². The lowest BCUT2D eigenvalue weighted by molar-refractivity contribution is 0.368. The van der Waals surface area contributed by atoms with E-state index in [-0.39, 0.29) is 11.6 Å². The smallest absolute Gasteiger partial charge is 0.235 e. The van der Waals surface area contributed by atoms with Gasteiger partial charge in [0, 0.05) is 53.7 Å². The summed E-state index contributed by atoms with van der Waals surface area (Å²) in [6, 6.07) is 14.1. The Balaban J connectivity index is 1.68. The molecule has 3 heterocycles. The molecule has 31 heavy (non-hydrogen) atoms. The number of hydrogen-bond donors (Lipinski definition) is 3. The minimum absolute atomic E-state index is 0.259. The minimum Gasteiger partial charge on any atom is -0.503 e. The van der Waals surface area contributed by atoms with Crippen molar-refractivity contribution in [1.82, 2.24) is 19.1 Å². The monoisotopic (exact) mass is 416 g/mol. The van der Waals surface area contributed by atoms with Gasteiger partial charge in [-0.25, -0.2) is 9.37 Å². The average molecular weight is 416 g/mol. The van der Waals surface area contributed by atoms with Crippen molar-refractivity contribution in [2.45, 2.75) is 19.5 Å². The molecule has 0 saturated carbocycles. The number of aromatic amines is 1. The summed E-state index contributed by atoms with van der Waals surface area (Å²) in [5.41, 5.74) is 2.77. The molecule has 0 aliphatic heterocycles. The first-order valence-electron chi connectivity index (χ1n) is 10.1. The first kappa shape index (κ1) is 19.0. The normalized spacial score (nSPS) is 11.4. The number of para-hydroxylation sites is 1. The maximum atomic E-state index is 14.9. The molecule has 5 rings (SSSR count). The summed E-state index contributed by atoms with van der Waals surface area (Å²) in [4.78, 5) is 7.23. The lowest BCUT2D eigenvalue weighted by atomic mass is 9.99. The van der Waals surface area contributed by atoms with Crippen LogP contribution in [0.1, 0.15) is 6.42 Å². The SMILES string of the molecule is Oc1c(-c2c[nH]c3ccccc23)c(-c2ccccc2F)n(CCCn2ccnc2)c1O. The number of halogens is 1. The molecule has 0 aliphatic carbocycles. The summed E-state index contributed by atoms with van der Waals surface area (Å²) >= 11 is 0. The number of H-pyrrole nitrogens is 1. The second-order valence-electron chi connectivity index (χ2n) is 7.43. The fourth-order valence-electron chi connectivity index (χ4n) is 4.11. The van der Waals surface area contributed by atoms with Gasteiger partial charge in [0.2, 0.25) is 5.88 Å². The van der Waals surface area contributed by atoms with Gasteiger partial charge in [0.25, 0.3) is 0 Å². The lowest BCUT2D eigenvalue weighted by Gasteiger charge is -2.13. The first-order chi connectivity index (χ1) is 15.1. The summed E-state index contributed by atoms with van der Waals surface area (Å²) in [6.07, 6.45) is 7.73. The highest BCUT2D eigenvalue weighted by Crippen LogP contribution is 2.49. The molecular weight excluding hydrogens is 395 g/mol. The molecule has 156 valence electrons. The molecule has 6 nitrogen and oxygen atoms in total. The Morgan fingerprint density at radius 3 is 2.58 bits per heavy atom. The van der Waals surface area contributed by atoms with Gasteiger partial charge in [-0.1, -0.05) is 30.3 Å². The van der Waals surface area contributed by atoms with E-state index in [1.165, 1.54) is 6.07 Å². The predicted molar refractivity (Wildman–Crippen MR) is 117 cm³/mol. The summed E-state index contributed by atoms with van der Waals surface area (Å²) in [5, 5.41) is 22.7. The largest absolute Gasteiger partial charge is 0.503 e. The van der Waals surface area contributed by atoms with Crippen molar-refractivity contribution in [3.05, 3.63) is 79.3 Å². The van der Waals surface area contributed by atoms with Gasteiger partial charge in [-0.05, 0) is 24.6 Å². The standard InChI is InChI=1S/C24H21FN4O2/c25-19-8-3-1-7-17(19)22-21(18-14-27-20-9-4-2-6-16(18)20)23(30)24(31)29(22)12-5-11-28-13-10-26-15-28/h1-4,6-10,13-15,27,30-31H,5,11-12H2. The van der Waals surface area contributed by atoms with Crippen LogP contribution < -0.4 is 0 Å². The Kier molecular flexibility index (Phi) is 4.71. The Hall–Kier alpha value is -4.00. The maximum Gasteiger partial charge on any atom is 0.235 e. The third-order valence-corrected chi connectivity index (χ3v) is 5.56. The number of benzene rings is 2. The van der Waals surface area contributed by atoms with Crippen LogP contribution in [-0.2, 0) is 13.1 Å². The number of aryl methyl sites for hydroxylation is 1. The Morgan fingerprint density at radius 2 is 1.77 bits per heavy atom. The van der Waals surface area contributed by atoms with Crippen LogP contribution >= 0.6 is 0 Å². The van der Waals surface area contributed by atoms with Crippen LogP contribution in [0.2, 0.25) is 0 Å². The molecule has 0 radical (unpaired) electrons. The fourth-order valence-corrected chi connectivity index (χ4v) is 4.11. The molecule has 3 aromatic heterocycles. The van der Waals surface area contributed by atoms with Gasteiger partial charge in [0.15, 0.2) is 5.75 Å². The van der Waals surface area contributed by atoms with E-state index in [0.29, 0.717) is 41.9 Å². The Bertz CT molecular complexity index is 1350. The van der Waals surface area contributed by atoms with Crippen LogP contribution in [-0.4, -0.2) is 29.3 Å². The topological polar surface area (TPSA) is 79.0 Å². The molecule has 0 unspecified atom stereocenters. The van der Waals surface area contributed by atoms with Crippen molar-refractivity contribution < 1.29 is 14.6 Å². The molecular formula is C24H21FN4O2. The number of imidazole rings is 1. The van der Waals surface area contributed by atoms with Gasteiger partial charge in [-0.3, -0.25) is 0 Å². The van der Waals surface area contributed by atoms with Crippen LogP contribution in [0.3, 0.4) is 0 Å². The molecule has 2 aromatic carbocycles. The highest BCUT2D eigenvalue weighted by atomic mass is 19.1. The molecule has 0 amide bonds. The van der Waals surface area contributed by atoms with Crippen LogP contribution in [0.15, 0.2) is 73.4 Å². The molecule has 0 fully saturated rings. The van der Waals surface area contributed by atoms with Gasteiger partial charge in [-0.2, -0.15) is 0 Å². The van der Waals surface area contributed by atoms with Crippen LogP contribution in [0.5, 0.6) is 11.6 Å². The number of aromatic nitrogens is 4. The highest BCUT2D eigenvalue weighted by Gasteiger charge is 2.27. The number of fused-ring (bicyclic) bond motifs is 1. The third kappa shape index (κ3) is 3.24. The van der Waals surface area contributed by atoms with Crippen LogP contribution in [0.25, 0.3) is 33.3 Å². The second-order valence-corrected chi connectivity index (χ2v) is 7.43. The molecule has 3 N–H and O–H groups in total. The Labute approximate surface area is 177 Å². The lowest BCUT2D eigenvalue weighted by Crippen LogP contribution is -2.05. The second kappa shape index (κ2) is 7.68. The molecule has 5 aromatic rings. The van der Waals surface area contributed by atoms with Gasteiger partial charge in [0.05, 0.1) is 17.6 Å². The van der Waals surface area contributed by atoms with Crippen molar-refractivity contribution in [3.63, 3.8) is 0 Å². The summed E-state index contributed by atoms with van der Waals surface area (Å²) in [7, 11) is 0. The molecule has 0 aliphatic rings. The summed E-state index contributed by atoms with van der Waals surface area (Å²) < 4.78 is 18.4. The quantitative estimate of drug-likeness (QED) is 0.359. The zero-order valence-electron chi connectivity index (χ0n) is 16.7. The fraction of sp³-hybridized carbons (Fsp3) is 0.125. The summed E-state index contributed by atoms with van der Waals surface area (Å²) in [6.45, 7) is 1.07. The van der Waals surface area contributed by atoms with Gasteiger partial charge in [0.1, 0.15) is 5.82 Å². The van der Waals surface area contributed by atoms with E-state index in [2.05, 4.69) is 9.97 Å². The molecule has 0 spiro atoms. The maximum absolute atomic E-state index is 14.9. The van der Waals surface area contributed by atoms with E-state index < -0.39 is 5.82 Å². The van der Waals surface area contributed by atoms with E-state index in [9.17, 15) is 14.6 Å². The van der Waals surface area contributed by atoms with E-state index in [4.69, 9.17) is 0 Å². The number of nitrogens with zero attached hydrogens (tertiary/aromatic N) is 3. The van der Waals surface area contributed by atoms with E-state index in [1.807, 2.05) is 35.0 Å². The van der Waals surface area contributed by atoms with Crippen molar-refractivity contribution in [3.8, 4) is 34.0 Å². The Morgan fingerprint density at radius 1 is 0.968 bits per heavy atom. The van der Waals surface area contributed by atoms with E-state index in [1.54, 1.807) is 41.5 Å². The zero-order valence-corrected chi connectivity index (χ0v) is 16.7. The van der Waals surface area contributed by atoms with Gasteiger partial charge < -0.3 is 24.3 Å².